The standard InChI is InChI=1S/C46H46N4.3C2H6.CH4/c1-7-13-20-32(12-6)44-37-24-23-35(47-37)43(31(11-5)17-8-2)36-25-27-39(48-36)45(33(18-9-3)19-10-4)40-29-30-42(50-40)46(34-21-15-14-16-22-34)41-28-26-38(44)49-41;3*1-2;/h7-13,15,17-24,26,28-30,47,50H,1,3,14,16,25,27H2,2,4-6H3;3*1-2H3;1H4/b17-8-,19-10-,20-13-,31-11+,32-12+,33-18+,43-35?,43-36?,44-37?,44-38?,45-39?,45-40?,46-41?,46-42?;;;;. The lowest BCUT2D eigenvalue weighted by Crippen LogP contribution is -1.94. The summed E-state index contributed by atoms with van der Waals surface area (Å²) in [4.78, 5) is 18.5. The minimum atomic E-state index is 0. The first-order valence-electron chi connectivity index (χ1n) is 20.6. The van der Waals surface area contributed by atoms with Gasteiger partial charge in [-0.2, -0.15) is 0 Å². The second-order valence-electron chi connectivity index (χ2n) is 12.4. The Labute approximate surface area is 345 Å². The van der Waals surface area contributed by atoms with E-state index in [9.17, 15) is 0 Å². The molecule has 6 rings (SSSR count). The fourth-order valence-corrected chi connectivity index (χ4v) is 7.05. The maximum Gasteiger partial charge on any atom is 0.0737 e. The molecule has 0 atom stereocenters. The molecule has 0 spiro atoms. The van der Waals surface area contributed by atoms with Crippen molar-refractivity contribution in [3.8, 4) is 0 Å². The number of aromatic amines is 2. The van der Waals surface area contributed by atoms with Crippen molar-refractivity contribution < 1.29 is 0 Å². The first-order chi connectivity index (χ1) is 27.5. The molecule has 4 nitrogen and oxygen atoms in total. The van der Waals surface area contributed by atoms with Crippen LogP contribution in [0, 0.1) is 0 Å². The number of aryl methyl sites for hydroxylation is 2. The number of nitrogens with one attached hydrogen (secondary N) is 2. The van der Waals surface area contributed by atoms with Crippen molar-refractivity contribution >= 4 is 56.5 Å². The fraction of sp³-hybridized carbons (Fsp3) is 0.283. The molecule has 3 aromatic rings. The summed E-state index contributed by atoms with van der Waals surface area (Å²) in [6.45, 7) is 28.3. The number of nitrogens with zero attached hydrogens (tertiary/aromatic N) is 2. The Morgan fingerprint density at radius 2 is 1.12 bits per heavy atom. The molecule has 300 valence electrons. The van der Waals surface area contributed by atoms with E-state index in [0.717, 1.165) is 109 Å². The second-order valence-corrected chi connectivity index (χ2v) is 12.4. The quantitative estimate of drug-likeness (QED) is 0.167. The molecule has 0 amide bonds. The highest BCUT2D eigenvalue weighted by atomic mass is 14.8. The lowest BCUT2D eigenvalue weighted by molar-refractivity contribution is 1.02. The third kappa shape index (κ3) is 11.0. The van der Waals surface area contributed by atoms with Crippen LogP contribution in [0.25, 0.3) is 56.5 Å². The third-order valence-corrected chi connectivity index (χ3v) is 9.22. The van der Waals surface area contributed by atoms with Crippen LogP contribution in [0.5, 0.6) is 0 Å². The maximum atomic E-state index is 5.47. The molecule has 2 aliphatic heterocycles. The smallest absolute Gasteiger partial charge is 0.0737 e. The van der Waals surface area contributed by atoms with Crippen molar-refractivity contribution in [3.05, 3.63) is 168 Å². The molecule has 0 fully saturated rings. The molecule has 57 heavy (non-hydrogen) atoms. The zero-order chi connectivity index (χ0) is 41.0. The van der Waals surface area contributed by atoms with Gasteiger partial charge in [0.1, 0.15) is 0 Å². The molecule has 3 aromatic heterocycles. The Balaban J connectivity index is 0.00000153. The van der Waals surface area contributed by atoms with Gasteiger partial charge in [0.05, 0.1) is 22.8 Å². The molecule has 0 saturated heterocycles. The number of hydrogen-bond donors (Lipinski definition) is 2. The molecule has 8 bridgehead atoms. The van der Waals surface area contributed by atoms with Gasteiger partial charge < -0.3 is 9.97 Å². The number of hydrogen-bond acceptors (Lipinski definition) is 2. The molecule has 0 unspecified atom stereocenters. The minimum Gasteiger partial charge on any atom is -0.354 e. The minimum absolute atomic E-state index is 0. The van der Waals surface area contributed by atoms with Crippen molar-refractivity contribution in [2.75, 3.05) is 0 Å². The summed E-state index contributed by atoms with van der Waals surface area (Å²) >= 11 is 0. The summed E-state index contributed by atoms with van der Waals surface area (Å²) in [5.74, 6) is 0. The van der Waals surface area contributed by atoms with Gasteiger partial charge in [0.2, 0.25) is 0 Å². The molecule has 3 aliphatic rings. The van der Waals surface area contributed by atoms with Crippen LogP contribution < -0.4 is 0 Å². The summed E-state index contributed by atoms with van der Waals surface area (Å²) < 4.78 is 0. The van der Waals surface area contributed by atoms with Gasteiger partial charge in [0.15, 0.2) is 0 Å². The van der Waals surface area contributed by atoms with Crippen LogP contribution in [-0.2, 0) is 12.8 Å². The molecule has 0 aromatic carbocycles. The van der Waals surface area contributed by atoms with Gasteiger partial charge in [-0.25, -0.2) is 4.98 Å². The average Bonchev–Trinajstić information content (AvgIpc) is 4.09. The van der Waals surface area contributed by atoms with Crippen molar-refractivity contribution in [2.24, 2.45) is 0 Å². The van der Waals surface area contributed by atoms with Gasteiger partial charge in [-0.1, -0.05) is 147 Å². The molecule has 4 heteroatoms. The summed E-state index contributed by atoms with van der Waals surface area (Å²) in [5, 5.41) is 0. The van der Waals surface area contributed by atoms with Crippen molar-refractivity contribution in [1.29, 1.82) is 0 Å². The van der Waals surface area contributed by atoms with Gasteiger partial charge in [-0.05, 0) is 112 Å². The van der Waals surface area contributed by atoms with Gasteiger partial charge in [-0.3, -0.25) is 4.98 Å². The molecular formula is C53H68N4. The van der Waals surface area contributed by atoms with Crippen molar-refractivity contribution in [3.63, 3.8) is 0 Å². The highest BCUT2D eigenvalue weighted by Crippen LogP contribution is 2.36. The van der Waals surface area contributed by atoms with Crippen LogP contribution in [0.3, 0.4) is 0 Å². The summed E-state index contributed by atoms with van der Waals surface area (Å²) in [5.41, 5.74) is 16.7. The van der Waals surface area contributed by atoms with Crippen LogP contribution in [0.2, 0.25) is 0 Å². The Bertz CT molecular complexity index is 2280. The summed E-state index contributed by atoms with van der Waals surface area (Å²) in [7, 11) is 0. The fourth-order valence-electron chi connectivity index (χ4n) is 7.05. The summed E-state index contributed by atoms with van der Waals surface area (Å²) in [6.07, 6.45) is 37.4. The molecular weight excluding hydrogens is 693 g/mol. The normalized spacial score (nSPS) is 13.9. The zero-order valence-corrected chi connectivity index (χ0v) is 35.7. The number of allylic oxidation sites excluding steroid dienone is 18. The Hall–Kier alpha value is -5.74. The largest absolute Gasteiger partial charge is 0.354 e. The molecule has 0 radical (unpaired) electrons. The van der Waals surface area contributed by atoms with Gasteiger partial charge in [-0.15, -0.1) is 0 Å². The Kier molecular flexibility index (Phi) is 20.5. The van der Waals surface area contributed by atoms with E-state index in [1.54, 1.807) is 0 Å². The molecule has 1 aliphatic carbocycles. The predicted molar refractivity (Wildman–Crippen MR) is 259 cm³/mol. The number of fused-ring (bicyclic) bond motifs is 8. The van der Waals surface area contributed by atoms with E-state index in [-0.39, 0.29) is 7.43 Å². The first-order valence-corrected chi connectivity index (χ1v) is 20.6. The number of aromatic nitrogens is 4. The Morgan fingerprint density at radius 1 is 0.596 bits per heavy atom. The third-order valence-electron chi connectivity index (χ3n) is 9.22. The van der Waals surface area contributed by atoms with Crippen molar-refractivity contribution in [2.45, 2.75) is 102 Å². The van der Waals surface area contributed by atoms with E-state index < -0.39 is 0 Å². The van der Waals surface area contributed by atoms with E-state index in [0.29, 0.717) is 0 Å². The lowest BCUT2D eigenvalue weighted by Gasteiger charge is -2.09. The molecule has 5 heterocycles. The second kappa shape index (κ2) is 24.7. The van der Waals surface area contributed by atoms with Gasteiger partial charge >= 0.3 is 0 Å². The van der Waals surface area contributed by atoms with E-state index in [1.165, 1.54) is 5.57 Å². The van der Waals surface area contributed by atoms with Gasteiger partial charge in [0.25, 0.3) is 0 Å². The SMILES string of the molecule is C.C=C/C=C\C(=C/C)c1c2nc(c(C3=CCCC=C3)c3ccc([nH]3)c(C(/C=C\C)=C/C=C)c3nc(c(C(/C=C\C)=C/C)c4ccc1[nH]4)CC3)C=C2.CC.CC.CC. The maximum absolute atomic E-state index is 5.47. The van der Waals surface area contributed by atoms with Crippen LogP contribution in [-0.4, -0.2) is 19.9 Å². The highest BCUT2D eigenvalue weighted by molar-refractivity contribution is 5.97. The molecule has 0 saturated carbocycles. The van der Waals surface area contributed by atoms with E-state index in [1.807, 2.05) is 59.8 Å². The van der Waals surface area contributed by atoms with E-state index in [4.69, 9.17) is 9.97 Å². The lowest BCUT2D eigenvalue weighted by atomic mass is 9.98. The topological polar surface area (TPSA) is 57.4 Å². The monoisotopic (exact) mass is 761 g/mol. The number of rotatable bonds is 9. The van der Waals surface area contributed by atoms with Crippen molar-refractivity contribution in [1.82, 2.24) is 19.9 Å². The Morgan fingerprint density at radius 3 is 1.67 bits per heavy atom. The average molecular weight is 761 g/mol. The van der Waals surface area contributed by atoms with E-state index >= 15 is 0 Å². The van der Waals surface area contributed by atoms with E-state index in [2.05, 4.69) is 154 Å². The zero-order valence-electron chi connectivity index (χ0n) is 35.7. The van der Waals surface area contributed by atoms with Gasteiger partial charge in [0, 0.05) is 44.3 Å². The van der Waals surface area contributed by atoms with Crippen LogP contribution in [0.15, 0.2) is 122 Å². The molecule has 2 N–H and O–H groups in total. The number of H-pyrrole nitrogens is 2. The highest BCUT2D eigenvalue weighted by Gasteiger charge is 2.21. The van der Waals surface area contributed by atoms with Crippen LogP contribution in [0.1, 0.15) is 135 Å². The predicted octanol–water partition coefficient (Wildman–Crippen LogP) is 16.0. The first kappa shape index (κ1) is 47.4. The van der Waals surface area contributed by atoms with Crippen LogP contribution in [0.4, 0.5) is 0 Å². The van der Waals surface area contributed by atoms with Crippen LogP contribution >= 0.6 is 0 Å². The summed E-state index contributed by atoms with van der Waals surface area (Å²) in [6, 6.07) is 8.74.